The number of rotatable bonds is 5. The minimum absolute atomic E-state index is 0.0120. The third kappa shape index (κ3) is 4.23. The molecule has 1 aliphatic heterocycles. The van der Waals surface area contributed by atoms with Gasteiger partial charge in [-0.25, -0.2) is 0 Å². The van der Waals surface area contributed by atoms with Gasteiger partial charge in [-0.2, -0.15) is 0 Å². The van der Waals surface area contributed by atoms with Crippen LogP contribution in [0.25, 0.3) is 5.57 Å². The van der Waals surface area contributed by atoms with Crippen LogP contribution in [-0.4, -0.2) is 30.5 Å². The van der Waals surface area contributed by atoms with Crippen LogP contribution in [0.4, 0.5) is 0 Å². The molecule has 1 aromatic carbocycles. The van der Waals surface area contributed by atoms with E-state index < -0.39 is 6.29 Å². The van der Waals surface area contributed by atoms with Crippen molar-refractivity contribution in [3.8, 4) is 0 Å². The number of aliphatic hydroxyl groups excluding tert-OH is 1. The zero-order valence-corrected chi connectivity index (χ0v) is 21.9. The highest BCUT2D eigenvalue weighted by molar-refractivity contribution is 5.73. The second-order valence-corrected chi connectivity index (χ2v) is 12.4. The molecule has 4 aliphatic carbocycles. The van der Waals surface area contributed by atoms with Crippen LogP contribution >= 0.6 is 0 Å². The second-order valence-electron chi connectivity index (χ2n) is 12.4. The van der Waals surface area contributed by atoms with E-state index in [0.717, 1.165) is 42.1 Å². The fraction of sp³-hybridized carbons (Fsp3) is 0.625. The third-order valence-electron chi connectivity index (χ3n) is 10.6. The molecule has 2 aromatic rings. The van der Waals surface area contributed by atoms with Gasteiger partial charge in [0, 0.05) is 11.5 Å². The Morgan fingerprint density at radius 2 is 1.78 bits per heavy atom. The van der Waals surface area contributed by atoms with Crippen molar-refractivity contribution in [2.24, 2.45) is 35.0 Å². The van der Waals surface area contributed by atoms with Crippen molar-refractivity contribution in [3.05, 3.63) is 65.6 Å². The summed E-state index contributed by atoms with van der Waals surface area (Å²) in [7, 11) is 0. The predicted molar refractivity (Wildman–Crippen MR) is 140 cm³/mol. The number of aliphatic hydroxyl groups is 1. The molecule has 0 radical (unpaired) electrons. The summed E-state index contributed by atoms with van der Waals surface area (Å²) in [4.78, 5) is 0. The summed E-state index contributed by atoms with van der Waals surface area (Å²) in [5, 5.41) is 11.4. The zero-order chi connectivity index (χ0) is 25.0. The highest BCUT2D eigenvalue weighted by Gasteiger charge is 2.57. The smallest absolute Gasteiger partial charge is 0.217 e. The highest BCUT2D eigenvalue weighted by atomic mass is 16.7. The van der Waals surface area contributed by atoms with E-state index in [0.29, 0.717) is 31.2 Å². The molecular formula is C32H40O5. The Morgan fingerprint density at radius 3 is 2.62 bits per heavy atom. The van der Waals surface area contributed by atoms with Gasteiger partial charge in [0.05, 0.1) is 38.3 Å². The van der Waals surface area contributed by atoms with Gasteiger partial charge in [0.15, 0.2) is 5.76 Å². The molecule has 0 unspecified atom stereocenters. The molecule has 198 valence electrons. The normalized spacial score (nSPS) is 39.6. The van der Waals surface area contributed by atoms with Crippen LogP contribution in [-0.2, 0) is 20.8 Å². The fourth-order valence-electron chi connectivity index (χ4n) is 8.97. The molecular weight excluding hydrogens is 464 g/mol. The second kappa shape index (κ2) is 9.68. The van der Waals surface area contributed by atoms with Crippen molar-refractivity contribution in [2.45, 2.75) is 77.0 Å². The maximum absolute atomic E-state index is 11.4. The molecule has 8 atom stereocenters. The van der Waals surface area contributed by atoms with Crippen molar-refractivity contribution in [3.63, 3.8) is 0 Å². The van der Waals surface area contributed by atoms with Crippen molar-refractivity contribution in [1.82, 2.24) is 0 Å². The first kappa shape index (κ1) is 24.1. The molecule has 3 saturated carbocycles. The van der Waals surface area contributed by atoms with Crippen LogP contribution in [0.5, 0.6) is 0 Å². The van der Waals surface area contributed by atoms with Crippen LogP contribution < -0.4 is 0 Å². The van der Waals surface area contributed by atoms with Crippen molar-refractivity contribution in [2.75, 3.05) is 13.2 Å². The van der Waals surface area contributed by atoms with Crippen LogP contribution in [0.15, 0.2) is 53.2 Å². The molecule has 0 spiro atoms. The molecule has 0 bridgehead atoms. The quantitative estimate of drug-likeness (QED) is 0.502. The van der Waals surface area contributed by atoms with Gasteiger partial charge in [-0.05, 0) is 91.2 Å². The number of ether oxygens (including phenoxy) is 3. The topological polar surface area (TPSA) is 61.1 Å². The Bertz CT molecular complexity index is 1120. The van der Waals surface area contributed by atoms with E-state index in [1.807, 2.05) is 6.26 Å². The highest BCUT2D eigenvalue weighted by Crippen LogP contribution is 2.64. The number of fused-ring (bicyclic) bond motifs is 5. The first-order valence-electron chi connectivity index (χ1n) is 14.5. The summed E-state index contributed by atoms with van der Waals surface area (Å²) in [5.74, 6) is 3.91. The first-order chi connectivity index (χ1) is 18.1. The summed E-state index contributed by atoms with van der Waals surface area (Å²) >= 11 is 0. The standard InChI is InChI=1S/C32H40O5/c1-32-12-11-25-24-10-8-23(36-18-20-5-3-2-4-6-20)15-21(24)7-9-26(25)30(32)28(33)17-27(32)22-16-29(37-19-22)31-34-13-14-35-31/h2-6,16-17,19,21,23-26,28,30-31,33H,7-15,18H2,1H3/t21-,23-,24+,25-,26-,28-,30-,32-/m1/s1. The number of allylic oxidation sites excluding steroid dienone is 1. The Labute approximate surface area is 220 Å². The van der Waals surface area contributed by atoms with E-state index in [9.17, 15) is 5.11 Å². The molecule has 1 N–H and O–H groups in total. The van der Waals surface area contributed by atoms with Gasteiger partial charge in [-0.1, -0.05) is 43.3 Å². The van der Waals surface area contributed by atoms with Gasteiger partial charge in [0.25, 0.3) is 0 Å². The monoisotopic (exact) mass is 504 g/mol. The first-order valence-corrected chi connectivity index (χ1v) is 14.5. The lowest BCUT2D eigenvalue weighted by Gasteiger charge is -2.56. The lowest BCUT2D eigenvalue weighted by molar-refractivity contribution is -0.0950. The van der Waals surface area contributed by atoms with Crippen molar-refractivity contribution < 1.29 is 23.7 Å². The van der Waals surface area contributed by atoms with E-state index in [-0.39, 0.29) is 11.5 Å². The Hall–Kier alpha value is -1.92. The molecule has 5 heteroatoms. The minimum Gasteiger partial charge on any atom is -0.463 e. The molecule has 5 nitrogen and oxygen atoms in total. The number of benzene rings is 1. The molecule has 0 amide bonds. The van der Waals surface area contributed by atoms with Crippen LogP contribution in [0.3, 0.4) is 0 Å². The van der Waals surface area contributed by atoms with E-state index in [1.54, 1.807) is 0 Å². The van der Waals surface area contributed by atoms with E-state index in [2.05, 4.69) is 49.4 Å². The van der Waals surface area contributed by atoms with E-state index in [4.69, 9.17) is 18.6 Å². The van der Waals surface area contributed by atoms with Crippen molar-refractivity contribution >= 4 is 5.57 Å². The molecule has 1 aromatic heterocycles. The summed E-state index contributed by atoms with van der Waals surface area (Å²) in [5.41, 5.74) is 3.60. The van der Waals surface area contributed by atoms with Gasteiger partial charge in [0.2, 0.25) is 6.29 Å². The maximum atomic E-state index is 11.4. The Kier molecular flexibility index (Phi) is 6.31. The Morgan fingerprint density at radius 1 is 0.973 bits per heavy atom. The Balaban J connectivity index is 1.03. The van der Waals surface area contributed by atoms with Crippen molar-refractivity contribution in [1.29, 1.82) is 0 Å². The molecule has 4 fully saturated rings. The lowest BCUT2D eigenvalue weighted by Crippen LogP contribution is -2.50. The SMILES string of the molecule is C[C@]12CC[C@H]3[C@@H](CC[C@@H]4C[C@H](OCc5ccccc5)CC[C@@H]43)[C@@H]1[C@H](O)C=C2c1coc(C2OCCO2)c1. The maximum Gasteiger partial charge on any atom is 0.217 e. The molecule has 1 saturated heterocycles. The van der Waals surface area contributed by atoms with Crippen LogP contribution in [0.1, 0.15) is 75.0 Å². The van der Waals surface area contributed by atoms with E-state index in [1.165, 1.54) is 49.7 Å². The summed E-state index contributed by atoms with van der Waals surface area (Å²) in [6.45, 7) is 4.33. The van der Waals surface area contributed by atoms with E-state index >= 15 is 0 Å². The summed E-state index contributed by atoms with van der Waals surface area (Å²) in [6, 6.07) is 12.6. The molecule has 7 rings (SSSR count). The van der Waals surface area contributed by atoms with Crippen LogP contribution in [0, 0.1) is 35.0 Å². The van der Waals surface area contributed by atoms with Gasteiger partial charge in [-0.15, -0.1) is 0 Å². The minimum atomic E-state index is -0.401. The van der Waals surface area contributed by atoms with Gasteiger partial charge in [0.1, 0.15) is 0 Å². The molecule has 37 heavy (non-hydrogen) atoms. The average Bonchev–Trinajstić information content (AvgIpc) is 3.67. The lowest BCUT2D eigenvalue weighted by atomic mass is 9.49. The number of hydrogen-bond acceptors (Lipinski definition) is 5. The third-order valence-corrected chi connectivity index (χ3v) is 10.6. The van der Waals surface area contributed by atoms with Gasteiger partial charge in [-0.3, -0.25) is 0 Å². The summed E-state index contributed by atoms with van der Waals surface area (Å²) < 4.78 is 23.5. The zero-order valence-electron chi connectivity index (χ0n) is 21.9. The van der Waals surface area contributed by atoms with Gasteiger partial charge >= 0.3 is 0 Å². The number of hydrogen-bond donors (Lipinski definition) is 1. The summed E-state index contributed by atoms with van der Waals surface area (Å²) in [6.07, 6.45) is 12.1. The molecule has 5 aliphatic rings. The van der Waals surface area contributed by atoms with Gasteiger partial charge < -0.3 is 23.7 Å². The average molecular weight is 505 g/mol. The fourth-order valence-corrected chi connectivity index (χ4v) is 8.97. The largest absolute Gasteiger partial charge is 0.463 e. The predicted octanol–water partition coefficient (Wildman–Crippen LogP) is 6.53. The number of furan rings is 1. The van der Waals surface area contributed by atoms with Crippen LogP contribution in [0.2, 0.25) is 0 Å². The molecule has 2 heterocycles.